The van der Waals surface area contributed by atoms with E-state index < -0.39 is 10.0 Å². The van der Waals surface area contributed by atoms with Crippen molar-refractivity contribution in [3.8, 4) is 0 Å². The van der Waals surface area contributed by atoms with Crippen molar-refractivity contribution < 1.29 is 13.5 Å². The molecular formula is C11H17NO3S3. The summed E-state index contributed by atoms with van der Waals surface area (Å²) in [6.45, 7) is 2.72. The molecule has 0 unspecified atom stereocenters. The first kappa shape index (κ1) is 14.3. The van der Waals surface area contributed by atoms with Crippen LogP contribution in [0.15, 0.2) is 10.3 Å². The third-order valence-electron chi connectivity index (χ3n) is 2.91. The highest BCUT2D eigenvalue weighted by Crippen LogP contribution is 2.30. The monoisotopic (exact) mass is 307 g/mol. The van der Waals surface area contributed by atoms with Crippen LogP contribution in [-0.4, -0.2) is 42.4 Å². The number of hydrogen-bond donors (Lipinski definition) is 1. The van der Waals surface area contributed by atoms with Crippen LogP contribution >= 0.6 is 23.1 Å². The topological polar surface area (TPSA) is 57.6 Å². The Morgan fingerprint density at radius 3 is 2.89 bits per heavy atom. The maximum atomic E-state index is 12.6. The molecule has 0 aromatic carbocycles. The first-order valence-corrected chi connectivity index (χ1v) is 9.30. The zero-order chi connectivity index (χ0) is 13.2. The van der Waals surface area contributed by atoms with Gasteiger partial charge in [-0.15, -0.1) is 11.3 Å². The molecule has 18 heavy (non-hydrogen) atoms. The summed E-state index contributed by atoms with van der Waals surface area (Å²) in [5.74, 6) is 1.86. The Hall–Kier alpha value is -0.0800. The maximum absolute atomic E-state index is 12.6. The van der Waals surface area contributed by atoms with E-state index in [0.29, 0.717) is 22.9 Å². The van der Waals surface area contributed by atoms with Crippen molar-refractivity contribution in [1.82, 2.24) is 4.31 Å². The molecule has 1 saturated heterocycles. The highest BCUT2D eigenvalue weighted by Gasteiger charge is 2.29. The van der Waals surface area contributed by atoms with Crippen LogP contribution in [0.4, 0.5) is 0 Å². The molecule has 0 atom stereocenters. The number of aliphatic hydroxyl groups excluding tert-OH is 1. The lowest BCUT2D eigenvalue weighted by Crippen LogP contribution is -2.33. The average molecular weight is 307 g/mol. The zero-order valence-corrected chi connectivity index (χ0v) is 12.7. The Morgan fingerprint density at radius 2 is 2.17 bits per heavy atom. The summed E-state index contributed by atoms with van der Waals surface area (Å²) in [5, 5.41) is 11.1. The molecule has 1 aromatic rings. The molecule has 2 rings (SSSR count). The van der Waals surface area contributed by atoms with E-state index in [-0.39, 0.29) is 6.61 Å². The van der Waals surface area contributed by atoms with E-state index in [1.54, 1.807) is 28.4 Å². The second-order valence-corrected chi connectivity index (χ2v) is 8.26. The first-order chi connectivity index (χ1) is 8.57. The summed E-state index contributed by atoms with van der Waals surface area (Å²) in [5.41, 5.74) is 0.737. The van der Waals surface area contributed by atoms with Crippen LogP contribution in [0.25, 0.3) is 0 Å². The molecule has 0 amide bonds. The molecule has 2 heterocycles. The minimum Gasteiger partial charge on any atom is -0.391 e. The lowest BCUT2D eigenvalue weighted by atomic mass is 10.3. The molecule has 0 bridgehead atoms. The molecule has 4 nitrogen and oxygen atoms in total. The van der Waals surface area contributed by atoms with Crippen LogP contribution in [0.1, 0.15) is 16.9 Å². The van der Waals surface area contributed by atoms with Gasteiger partial charge >= 0.3 is 0 Å². The molecule has 1 N–H and O–H groups in total. The lowest BCUT2D eigenvalue weighted by Gasteiger charge is -2.20. The predicted molar refractivity (Wildman–Crippen MR) is 75.7 cm³/mol. The van der Waals surface area contributed by atoms with Crippen molar-refractivity contribution >= 4 is 33.1 Å². The Balaban J connectivity index is 2.37. The van der Waals surface area contributed by atoms with Crippen molar-refractivity contribution in [2.45, 2.75) is 24.8 Å². The van der Waals surface area contributed by atoms with Gasteiger partial charge in [-0.3, -0.25) is 0 Å². The number of rotatable bonds is 3. The van der Waals surface area contributed by atoms with Gasteiger partial charge in [0.1, 0.15) is 4.90 Å². The number of hydrogen-bond acceptors (Lipinski definition) is 5. The number of thiophene rings is 1. The molecule has 0 aliphatic carbocycles. The summed E-state index contributed by atoms with van der Waals surface area (Å²) in [4.78, 5) is 0.867. The maximum Gasteiger partial charge on any atom is 0.244 e. The predicted octanol–water partition coefficient (Wildman–Crippen LogP) is 1.68. The second-order valence-electron chi connectivity index (χ2n) is 4.20. The third kappa shape index (κ3) is 2.75. The molecule has 1 aliphatic rings. The first-order valence-electron chi connectivity index (χ1n) is 5.83. The molecule has 0 radical (unpaired) electrons. The van der Waals surface area contributed by atoms with Gasteiger partial charge in [0.2, 0.25) is 10.0 Å². The number of sulfonamides is 1. The Bertz CT molecular complexity index is 502. The van der Waals surface area contributed by atoms with E-state index in [2.05, 4.69) is 0 Å². The molecule has 7 heteroatoms. The smallest absolute Gasteiger partial charge is 0.244 e. The minimum absolute atomic E-state index is 0.213. The van der Waals surface area contributed by atoms with Gasteiger partial charge < -0.3 is 5.11 Å². The van der Waals surface area contributed by atoms with Gasteiger partial charge in [0.15, 0.2) is 0 Å². The van der Waals surface area contributed by atoms with Gasteiger partial charge in [0, 0.05) is 18.8 Å². The van der Waals surface area contributed by atoms with Gasteiger partial charge in [-0.25, -0.2) is 8.42 Å². The summed E-state index contributed by atoms with van der Waals surface area (Å²) < 4.78 is 26.8. The van der Waals surface area contributed by atoms with Crippen LogP contribution in [0.5, 0.6) is 0 Å². The van der Waals surface area contributed by atoms with Crippen molar-refractivity contribution in [2.75, 3.05) is 24.6 Å². The van der Waals surface area contributed by atoms with Crippen LogP contribution in [0.3, 0.4) is 0 Å². The van der Waals surface area contributed by atoms with E-state index in [0.717, 1.165) is 23.5 Å². The van der Waals surface area contributed by atoms with E-state index in [1.807, 2.05) is 0 Å². The van der Waals surface area contributed by atoms with Gasteiger partial charge in [0.25, 0.3) is 0 Å². The van der Waals surface area contributed by atoms with E-state index in [4.69, 9.17) is 0 Å². The lowest BCUT2D eigenvalue weighted by molar-refractivity contribution is 0.282. The molecule has 1 aliphatic heterocycles. The number of aryl methyl sites for hydroxylation is 1. The second kappa shape index (κ2) is 5.92. The molecule has 0 spiro atoms. The largest absolute Gasteiger partial charge is 0.391 e. The van der Waals surface area contributed by atoms with Crippen LogP contribution in [0.2, 0.25) is 0 Å². The van der Waals surface area contributed by atoms with Crippen molar-refractivity contribution in [2.24, 2.45) is 0 Å². The number of aliphatic hydroxyl groups is 1. The molecule has 102 valence electrons. The van der Waals surface area contributed by atoms with Crippen molar-refractivity contribution in [3.05, 3.63) is 15.8 Å². The third-order valence-corrected chi connectivity index (χ3v) is 7.31. The fourth-order valence-corrected chi connectivity index (χ4v) is 6.13. The Morgan fingerprint density at radius 1 is 1.39 bits per heavy atom. The summed E-state index contributed by atoms with van der Waals surface area (Å²) >= 11 is 3.11. The quantitative estimate of drug-likeness (QED) is 0.923. The minimum atomic E-state index is -3.45. The van der Waals surface area contributed by atoms with Crippen molar-refractivity contribution in [3.63, 3.8) is 0 Å². The summed E-state index contributed by atoms with van der Waals surface area (Å²) in [6.07, 6.45) is 0.890. The molecule has 0 saturated carbocycles. The molecular weight excluding hydrogens is 290 g/mol. The van der Waals surface area contributed by atoms with Crippen LogP contribution < -0.4 is 0 Å². The average Bonchev–Trinajstić information content (AvgIpc) is 2.56. The molecule has 1 fully saturated rings. The Kier molecular flexibility index (Phi) is 4.71. The van der Waals surface area contributed by atoms with Gasteiger partial charge in [0.05, 0.1) is 11.5 Å². The highest BCUT2D eigenvalue weighted by molar-refractivity contribution is 7.99. The molecule has 1 aromatic heterocycles. The van der Waals surface area contributed by atoms with E-state index in [9.17, 15) is 13.5 Å². The number of thioether (sulfide) groups is 1. The van der Waals surface area contributed by atoms with Crippen LogP contribution in [0, 0.1) is 6.92 Å². The normalized spacial score (nSPS) is 18.8. The van der Waals surface area contributed by atoms with E-state index in [1.165, 1.54) is 11.3 Å². The zero-order valence-electron chi connectivity index (χ0n) is 10.3. The number of nitrogens with zero attached hydrogens (tertiary/aromatic N) is 1. The highest BCUT2D eigenvalue weighted by atomic mass is 32.2. The van der Waals surface area contributed by atoms with E-state index >= 15 is 0 Å². The summed E-state index contributed by atoms with van der Waals surface area (Å²) in [7, 11) is -3.45. The van der Waals surface area contributed by atoms with Gasteiger partial charge in [-0.2, -0.15) is 16.1 Å². The van der Waals surface area contributed by atoms with Gasteiger partial charge in [-0.1, -0.05) is 0 Å². The SMILES string of the molecule is Cc1csc(CO)c1S(=O)(=O)N1CCCSCC1. The standard InChI is InChI=1S/C11H17NO3S3/c1-9-8-17-10(7-13)11(9)18(14,15)12-3-2-5-16-6-4-12/h8,13H,2-7H2,1H3. The van der Waals surface area contributed by atoms with Crippen molar-refractivity contribution in [1.29, 1.82) is 0 Å². The van der Waals surface area contributed by atoms with Crippen LogP contribution in [-0.2, 0) is 16.6 Å². The fourth-order valence-electron chi connectivity index (χ4n) is 2.04. The van der Waals surface area contributed by atoms with Gasteiger partial charge in [-0.05, 0) is 30.0 Å². The Labute approximate surface area is 116 Å². The summed E-state index contributed by atoms with van der Waals surface area (Å²) in [6, 6.07) is 0. The fraction of sp³-hybridized carbons (Fsp3) is 0.636.